The third-order valence-corrected chi connectivity index (χ3v) is 3.91. The highest BCUT2D eigenvalue weighted by Crippen LogP contribution is 2.58. The van der Waals surface area contributed by atoms with E-state index < -0.39 is 0 Å². The molecule has 0 aromatic heterocycles. The van der Waals surface area contributed by atoms with E-state index in [4.69, 9.17) is 20.2 Å². The van der Waals surface area contributed by atoms with E-state index in [9.17, 15) is 0 Å². The van der Waals surface area contributed by atoms with E-state index in [1.54, 1.807) is 7.11 Å². The van der Waals surface area contributed by atoms with Gasteiger partial charge in [-0.3, -0.25) is 0 Å². The lowest BCUT2D eigenvalue weighted by atomic mass is 9.79. The first kappa shape index (κ1) is 11.3. The van der Waals surface area contributed by atoms with Gasteiger partial charge in [0.1, 0.15) is 0 Å². The summed E-state index contributed by atoms with van der Waals surface area (Å²) in [7, 11) is 1.74. The Kier molecular flexibility index (Phi) is 3.30. The minimum absolute atomic E-state index is 0.123. The monoisotopic (exact) mass is 215 g/mol. The van der Waals surface area contributed by atoms with E-state index in [2.05, 4.69) is 0 Å². The predicted molar refractivity (Wildman–Crippen MR) is 56.2 cm³/mol. The molecule has 0 spiro atoms. The van der Waals surface area contributed by atoms with Crippen molar-refractivity contribution in [2.75, 3.05) is 26.9 Å². The molecule has 1 atom stereocenters. The van der Waals surface area contributed by atoms with E-state index in [0.29, 0.717) is 13.2 Å². The first-order chi connectivity index (χ1) is 7.29. The maximum absolute atomic E-state index is 6.03. The summed E-state index contributed by atoms with van der Waals surface area (Å²) in [5, 5.41) is 0. The van der Waals surface area contributed by atoms with Crippen LogP contribution in [0.2, 0.25) is 0 Å². The normalized spacial score (nSPS) is 34.0. The second-order valence-corrected chi connectivity index (χ2v) is 4.82. The summed E-state index contributed by atoms with van der Waals surface area (Å²) in [6, 6.07) is 0. The summed E-state index contributed by atoms with van der Waals surface area (Å²) in [4.78, 5) is 4.86. The van der Waals surface area contributed by atoms with Gasteiger partial charge in [-0.2, -0.15) is 0 Å². The molecule has 1 aliphatic heterocycles. The molecule has 1 heterocycles. The first-order valence-corrected chi connectivity index (χ1v) is 5.73. The van der Waals surface area contributed by atoms with Crippen LogP contribution in [0.3, 0.4) is 0 Å². The maximum Gasteiger partial charge on any atom is 0.0993 e. The first-order valence-electron chi connectivity index (χ1n) is 5.73. The van der Waals surface area contributed by atoms with Gasteiger partial charge in [-0.05, 0) is 32.1 Å². The summed E-state index contributed by atoms with van der Waals surface area (Å²) in [5.74, 6) is 5.22. The molecule has 1 aliphatic carbocycles. The minimum Gasteiger partial charge on any atom is -0.382 e. The summed E-state index contributed by atoms with van der Waals surface area (Å²) in [6.45, 7) is 2.10. The number of nitrogens with two attached hydrogens (primary N) is 1. The highest BCUT2D eigenvalue weighted by Gasteiger charge is 2.60. The van der Waals surface area contributed by atoms with Gasteiger partial charge in [0.2, 0.25) is 0 Å². The zero-order chi connectivity index (χ0) is 10.8. The quantitative estimate of drug-likeness (QED) is 0.701. The minimum atomic E-state index is -0.140. The fourth-order valence-electron chi connectivity index (χ4n) is 2.81. The fourth-order valence-corrected chi connectivity index (χ4v) is 2.81. The SMILES string of the molecule is COCC1(C2(CON)CC2)CCCCO1. The third kappa shape index (κ3) is 1.91. The molecule has 0 radical (unpaired) electrons. The lowest BCUT2D eigenvalue weighted by molar-refractivity contribution is -0.172. The van der Waals surface area contributed by atoms with Crippen molar-refractivity contribution < 1.29 is 14.3 Å². The summed E-state index contributed by atoms with van der Waals surface area (Å²) in [5.41, 5.74) is -0.0163. The Morgan fingerprint density at radius 3 is 2.47 bits per heavy atom. The average Bonchev–Trinajstić information content (AvgIpc) is 3.02. The zero-order valence-electron chi connectivity index (χ0n) is 9.46. The van der Waals surface area contributed by atoms with Crippen LogP contribution >= 0.6 is 0 Å². The van der Waals surface area contributed by atoms with Crippen LogP contribution in [0, 0.1) is 5.41 Å². The molecule has 15 heavy (non-hydrogen) atoms. The standard InChI is InChI=1S/C11H21NO3/c1-13-9-11(4-2-3-7-14-11)10(5-6-10)8-15-12/h2-9,12H2,1H3. The van der Waals surface area contributed by atoms with Crippen molar-refractivity contribution in [2.24, 2.45) is 11.3 Å². The molecule has 1 saturated heterocycles. The Balaban J connectivity index is 2.10. The van der Waals surface area contributed by atoms with E-state index in [-0.39, 0.29) is 11.0 Å². The van der Waals surface area contributed by atoms with Gasteiger partial charge in [-0.1, -0.05) is 0 Å². The van der Waals surface area contributed by atoms with Crippen LogP contribution in [-0.2, 0) is 14.3 Å². The summed E-state index contributed by atoms with van der Waals surface area (Å²) in [6.07, 6.45) is 5.74. The largest absolute Gasteiger partial charge is 0.382 e. The molecule has 0 aromatic carbocycles. The average molecular weight is 215 g/mol. The van der Waals surface area contributed by atoms with Crippen molar-refractivity contribution in [3.63, 3.8) is 0 Å². The second kappa shape index (κ2) is 4.37. The highest BCUT2D eigenvalue weighted by atomic mass is 16.6. The van der Waals surface area contributed by atoms with Crippen LogP contribution in [0.1, 0.15) is 32.1 Å². The topological polar surface area (TPSA) is 53.7 Å². The van der Waals surface area contributed by atoms with Gasteiger partial charge in [-0.25, -0.2) is 5.90 Å². The Morgan fingerprint density at radius 2 is 2.00 bits per heavy atom. The molecule has 1 unspecified atom stereocenters. The molecular formula is C11H21NO3. The molecule has 0 bridgehead atoms. The lowest BCUT2D eigenvalue weighted by Crippen LogP contribution is -2.51. The van der Waals surface area contributed by atoms with Gasteiger partial charge in [-0.15, -0.1) is 0 Å². The van der Waals surface area contributed by atoms with Crippen molar-refractivity contribution in [2.45, 2.75) is 37.7 Å². The van der Waals surface area contributed by atoms with Crippen molar-refractivity contribution >= 4 is 0 Å². The number of methoxy groups -OCH3 is 1. The molecule has 1 saturated carbocycles. The number of ether oxygens (including phenoxy) is 2. The Morgan fingerprint density at radius 1 is 1.20 bits per heavy atom. The molecule has 2 N–H and O–H groups in total. The maximum atomic E-state index is 6.03. The van der Waals surface area contributed by atoms with Gasteiger partial charge in [0.15, 0.2) is 0 Å². The summed E-state index contributed by atoms with van der Waals surface area (Å²) >= 11 is 0. The van der Waals surface area contributed by atoms with Gasteiger partial charge in [0.25, 0.3) is 0 Å². The van der Waals surface area contributed by atoms with Crippen LogP contribution in [-0.4, -0.2) is 32.5 Å². The van der Waals surface area contributed by atoms with Crippen LogP contribution in [0.25, 0.3) is 0 Å². The van der Waals surface area contributed by atoms with Crippen LogP contribution in [0.5, 0.6) is 0 Å². The van der Waals surface area contributed by atoms with Gasteiger partial charge in [0.05, 0.1) is 18.8 Å². The molecule has 4 nitrogen and oxygen atoms in total. The van der Waals surface area contributed by atoms with E-state index in [1.807, 2.05) is 0 Å². The molecule has 4 heteroatoms. The Bertz CT molecular complexity index is 204. The number of rotatable bonds is 5. The summed E-state index contributed by atoms with van der Waals surface area (Å²) < 4.78 is 11.4. The third-order valence-electron chi connectivity index (χ3n) is 3.91. The predicted octanol–water partition coefficient (Wildman–Crippen LogP) is 1.24. The van der Waals surface area contributed by atoms with E-state index in [0.717, 1.165) is 32.3 Å². The molecular weight excluding hydrogens is 194 g/mol. The fraction of sp³-hybridized carbons (Fsp3) is 1.00. The zero-order valence-corrected chi connectivity index (χ0v) is 9.46. The second-order valence-electron chi connectivity index (χ2n) is 4.82. The molecule has 2 rings (SSSR count). The molecule has 0 amide bonds. The molecule has 2 aliphatic rings. The van der Waals surface area contributed by atoms with Gasteiger partial charge < -0.3 is 14.3 Å². The van der Waals surface area contributed by atoms with Gasteiger partial charge >= 0.3 is 0 Å². The van der Waals surface area contributed by atoms with E-state index in [1.165, 1.54) is 6.42 Å². The van der Waals surface area contributed by atoms with Gasteiger partial charge in [0, 0.05) is 19.1 Å². The van der Waals surface area contributed by atoms with E-state index >= 15 is 0 Å². The molecule has 88 valence electrons. The number of hydrogen-bond donors (Lipinski definition) is 1. The van der Waals surface area contributed by atoms with Crippen molar-refractivity contribution in [1.29, 1.82) is 0 Å². The van der Waals surface area contributed by atoms with Crippen LogP contribution in [0.15, 0.2) is 0 Å². The molecule has 0 aromatic rings. The Hall–Kier alpha value is -0.160. The van der Waals surface area contributed by atoms with Crippen molar-refractivity contribution in [1.82, 2.24) is 0 Å². The smallest absolute Gasteiger partial charge is 0.0993 e. The number of hydrogen-bond acceptors (Lipinski definition) is 4. The van der Waals surface area contributed by atoms with Crippen molar-refractivity contribution in [3.05, 3.63) is 0 Å². The molecule has 2 fully saturated rings. The van der Waals surface area contributed by atoms with Crippen LogP contribution in [0.4, 0.5) is 0 Å². The van der Waals surface area contributed by atoms with Crippen LogP contribution < -0.4 is 5.90 Å². The lowest BCUT2D eigenvalue weighted by Gasteiger charge is -2.43. The van der Waals surface area contributed by atoms with Crippen molar-refractivity contribution in [3.8, 4) is 0 Å². The highest BCUT2D eigenvalue weighted by molar-refractivity contribution is 5.10. The Labute approximate surface area is 91.0 Å².